The molecular weight excluding hydrogens is 397 g/mol. The van der Waals surface area contributed by atoms with Gasteiger partial charge in [-0.15, -0.1) is 0 Å². The lowest BCUT2D eigenvalue weighted by Crippen LogP contribution is -2.36. The van der Waals surface area contributed by atoms with Crippen molar-refractivity contribution in [3.8, 4) is 0 Å². The number of carbonyl (C=O) groups is 2. The van der Waals surface area contributed by atoms with Gasteiger partial charge in [-0.05, 0) is 49.2 Å². The van der Waals surface area contributed by atoms with Crippen molar-refractivity contribution in [2.24, 2.45) is 0 Å². The summed E-state index contributed by atoms with van der Waals surface area (Å²) in [6.07, 6.45) is 5.52. The molecule has 28 heavy (non-hydrogen) atoms. The lowest BCUT2D eigenvalue weighted by molar-refractivity contribution is -0.114. The van der Waals surface area contributed by atoms with Gasteiger partial charge in [0.15, 0.2) is 0 Å². The lowest BCUT2D eigenvalue weighted by atomic mass is 9.95. The van der Waals surface area contributed by atoms with Gasteiger partial charge >= 0.3 is 0 Å². The minimum absolute atomic E-state index is 0.0534. The minimum Gasteiger partial charge on any atom is -0.376 e. The Morgan fingerprint density at radius 2 is 1.75 bits per heavy atom. The van der Waals surface area contributed by atoms with Crippen molar-refractivity contribution in [1.29, 1.82) is 0 Å². The van der Waals surface area contributed by atoms with E-state index in [1.807, 2.05) is 0 Å². The molecule has 5 nitrogen and oxygen atoms in total. The number of anilines is 2. The Labute approximate surface area is 174 Å². The van der Waals surface area contributed by atoms with Gasteiger partial charge in [0.05, 0.1) is 17.1 Å². The second-order valence-corrected chi connectivity index (χ2v) is 7.76. The lowest BCUT2D eigenvalue weighted by Gasteiger charge is -2.23. The average molecular weight is 420 g/mol. The number of benzene rings is 2. The number of nitrogens with one attached hydrogen (secondary N) is 3. The predicted molar refractivity (Wildman–Crippen MR) is 114 cm³/mol. The van der Waals surface area contributed by atoms with E-state index in [4.69, 9.17) is 23.2 Å². The minimum atomic E-state index is -0.217. The van der Waals surface area contributed by atoms with Gasteiger partial charge in [0, 0.05) is 22.4 Å². The van der Waals surface area contributed by atoms with Crippen molar-refractivity contribution in [2.45, 2.75) is 38.1 Å². The normalized spacial score (nSPS) is 14.4. The number of halogens is 2. The molecule has 1 saturated carbocycles. The van der Waals surface area contributed by atoms with Gasteiger partial charge in [-0.3, -0.25) is 9.59 Å². The summed E-state index contributed by atoms with van der Waals surface area (Å²) in [6.45, 7) is 0.0534. The Morgan fingerprint density at radius 1 is 0.964 bits per heavy atom. The molecule has 0 aromatic heterocycles. The van der Waals surface area contributed by atoms with Crippen LogP contribution in [0.5, 0.6) is 0 Å². The topological polar surface area (TPSA) is 70.2 Å². The maximum Gasteiger partial charge on any atom is 0.253 e. The van der Waals surface area contributed by atoms with Crippen molar-refractivity contribution < 1.29 is 9.59 Å². The Kier molecular flexibility index (Phi) is 7.18. The van der Waals surface area contributed by atoms with E-state index in [2.05, 4.69) is 16.0 Å². The van der Waals surface area contributed by atoms with E-state index in [1.54, 1.807) is 42.5 Å². The molecule has 1 aliphatic carbocycles. The summed E-state index contributed by atoms with van der Waals surface area (Å²) in [6, 6.07) is 12.2. The molecule has 0 saturated heterocycles. The van der Waals surface area contributed by atoms with Crippen LogP contribution in [0, 0.1) is 0 Å². The van der Waals surface area contributed by atoms with Crippen LogP contribution in [0.3, 0.4) is 0 Å². The van der Waals surface area contributed by atoms with Crippen LogP contribution in [-0.2, 0) is 4.79 Å². The van der Waals surface area contributed by atoms with Crippen LogP contribution in [0.25, 0.3) is 0 Å². The van der Waals surface area contributed by atoms with Crippen molar-refractivity contribution in [3.05, 3.63) is 58.1 Å². The summed E-state index contributed by atoms with van der Waals surface area (Å²) in [5, 5.41) is 9.79. The van der Waals surface area contributed by atoms with Gasteiger partial charge in [0.25, 0.3) is 5.91 Å². The molecule has 7 heteroatoms. The molecule has 2 aromatic carbocycles. The van der Waals surface area contributed by atoms with E-state index in [-0.39, 0.29) is 24.4 Å². The average Bonchev–Trinajstić information content (AvgIpc) is 2.68. The number of amides is 2. The molecule has 0 aliphatic heterocycles. The van der Waals surface area contributed by atoms with E-state index < -0.39 is 0 Å². The molecule has 0 unspecified atom stereocenters. The van der Waals surface area contributed by atoms with Gasteiger partial charge in [-0.1, -0.05) is 48.5 Å². The summed E-state index contributed by atoms with van der Waals surface area (Å²) in [5.41, 5.74) is 1.69. The summed E-state index contributed by atoms with van der Waals surface area (Å²) in [5.74, 6) is -0.394. The Balaban J connectivity index is 1.57. The molecule has 2 amide bonds. The third-order valence-corrected chi connectivity index (χ3v) is 5.28. The zero-order chi connectivity index (χ0) is 19.9. The van der Waals surface area contributed by atoms with Gasteiger partial charge in [-0.2, -0.15) is 0 Å². The van der Waals surface area contributed by atoms with Crippen LogP contribution >= 0.6 is 23.2 Å². The van der Waals surface area contributed by atoms with Gasteiger partial charge in [0.1, 0.15) is 0 Å². The smallest absolute Gasteiger partial charge is 0.253 e. The highest BCUT2D eigenvalue weighted by atomic mass is 35.5. The third kappa shape index (κ3) is 5.88. The standard InChI is InChI=1S/C21H23Cl2N3O2/c22-14-5-4-8-17(11-14)25-20(27)13-24-16-9-10-19(23)18(12-16)21(28)26-15-6-2-1-3-7-15/h4-5,8-12,15,24H,1-3,6-7,13H2,(H,25,27)(H,26,28). The zero-order valence-electron chi connectivity index (χ0n) is 15.4. The Morgan fingerprint density at radius 3 is 2.50 bits per heavy atom. The number of hydrogen-bond acceptors (Lipinski definition) is 3. The van der Waals surface area contributed by atoms with Gasteiger partial charge in [-0.25, -0.2) is 0 Å². The van der Waals surface area contributed by atoms with Crippen LogP contribution in [0.1, 0.15) is 42.5 Å². The van der Waals surface area contributed by atoms with Crippen LogP contribution in [0.4, 0.5) is 11.4 Å². The molecule has 1 aliphatic rings. The first-order valence-corrected chi connectivity index (χ1v) is 10.2. The fraction of sp³-hybridized carbons (Fsp3) is 0.333. The highest BCUT2D eigenvalue weighted by molar-refractivity contribution is 6.34. The van der Waals surface area contributed by atoms with Crippen molar-refractivity contribution in [1.82, 2.24) is 5.32 Å². The van der Waals surface area contributed by atoms with Crippen molar-refractivity contribution in [3.63, 3.8) is 0 Å². The molecule has 3 N–H and O–H groups in total. The van der Waals surface area contributed by atoms with E-state index in [1.165, 1.54) is 6.42 Å². The molecule has 148 valence electrons. The Bertz CT molecular complexity index is 851. The van der Waals surface area contributed by atoms with Gasteiger partial charge < -0.3 is 16.0 Å². The molecule has 2 aromatic rings. The molecule has 1 fully saturated rings. The largest absolute Gasteiger partial charge is 0.376 e. The highest BCUT2D eigenvalue weighted by Gasteiger charge is 2.18. The van der Waals surface area contributed by atoms with Crippen molar-refractivity contribution in [2.75, 3.05) is 17.2 Å². The molecule has 0 radical (unpaired) electrons. The van der Waals surface area contributed by atoms with E-state index in [9.17, 15) is 9.59 Å². The summed E-state index contributed by atoms with van der Waals surface area (Å²) >= 11 is 12.1. The fourth-order valence-electron chi connectivity index (χ4n) is 3.27. The summed E-state index contributed by atoms with van der Waals surface area (Å²) < 4.78 is 0. The van der Waals surface area contributed by atoms with E-state index in [0.29, 0.717) is 27.0 Å². The number of hydrogen-bond donors (Lipinski definition) is 3. The van der Waals surface area contributed by atoms with Crippen LogP contribution in [0.15, 0.2) is 42.5 Å². The number of rotatable bonds is 6. The van der Waals surface area contributed by atoms with Crippen LogP contribution in [-0.4, -0.2) is 24.4 Å². The maximum absolute atomic E-state index is 12.6. The molecule has 0 spiro atoms. The van der Waals surface area contributed by atoms with Crippen LogP contribution < -0.4 is 16.0 Å². The first kappa shape index (κ1) is 20.5. The zero-order valence-corrected chi connectivity index (χ0v) is 16.9. The molecule has 0 bridgehead atoms. The number of carbonyl (C=O) groups excluding carboxylic acids is 2. The second kappa shape index (κ2) is 9.80. The second-order valence-electron chi connectivity index (χ2n) is 6.92. The van der Waals surface area contributed by atoms with Crippen molar-refractivity contribution >= 4 is 46.4 Å². The third-order valence-electron chi connectivity index (χ3n) is 4.71. The molecular formula is C21H23Cl2N3O2. The van der Waals surface area contributed by atoms with Crippen LogP contribution in [0.2, 0.25) is 10.0 Å². The molecule has 0 atom stereocenters. The van der Waals surface area contributed by atoms with Gasteiger partial charge in [0.2, 0.25) is 5.91 Å². The predicted octanol–water partition coefficient (Wildman–Crippen LogP) is 5.11. The SMILES string of the molecule is O=C(CNc1ccc(Cl)c(C(=O)NC2CCCCC2)c1)Nc1cccc(Cl)c1. The molecule has 0 heterocycles. The van der Waals surface area contributed by atoms with E-state index >= 15 is 0 Å². The first-order valence-electron chi connectivity index (χ1n) is 9.41. The highest BCUT2D eigenvalue weighted by Crippen LogP contribution is 2.23. The van der Waals surface area contributed by atoms with E-state index in [0.717, 1.165) is 25.7 Å². The molecule has 3 rings (SSSR count). The quantitative estimate of drug-likeness (QED) is 0.609. The first-order chi connectivity index (χ1) is 13.5. The summed E-state index contributed by atoms with van der Waals surface area (Å²) in [7, 11) is 0. The maximum atomic E-state index is 12.6. The monoisotopic (exact) mass is 419 g/mol. The summed E-state index contributed by atoms with van der Waals surface area (Å²) in [4.78, 5) is 24.7. The Hall–Kier alpha value is -2.24. The fourth-order valence-corrected chi connectivity index (χ4v) is 3.67.